The molecule has 1 saturated heterocycles. The molecule has 1 aromatic carbocycles. The smallest absolute Gasteiger partial charge is 0.123 e. The Balaban J connectivity index is 1.98. The first-order valence-corrected chi connectivity index (χ1v) is 7.70. The van der Waals surface area contributed by atoms with Crippen LogP contribution >= 0.6 is 0 Å². The average Bonchev–Trinajstić information content (AvgIpc) is 2.44. The highest BCUT2D eigenvalue weighted by molar-refractivity contribution is 5.17. The summed E-state index contributed by atoms with van der Waals surface area (Å²) in [6.45, 7) is 8.09. The van der Waals surface area contributed by atoms with Crippen LogP contribution in [0.25, 0.3) is 0 Å². The van der Waals surface area contributed by atoms with Gasteiger partial charge in [0, 0.05) is 24.7 Å². The van der Waals surface area contributed by atoms with E-state index in [-0.39, 0.29) is 5.82 Å². The van der Waals surface area contributed by atoms with Gasteiger partial charge in [-0.3, -0.25) is 4.90 Å². The Hall–Kier alpha value is -0.930. The molecule has 2 nitrogen and oxygen atoms in total. The van der Waals surface area contributed by atoms with E-state index in [0.29, 0.717) is 24.0 Å². The molecule has 0 spiro atoms. The van der Waals surface area contributed by atoms with Crippen LogP contribution in [0, 0.1) is 11.7 Å². The van der Waals surface area contributed by atoms with E-state index in [1.54, 1.807) is 12.1 Å². The van der Waals surface area contributed by atoms with Crippen molar-refractivity contribution < 1.29 is 4.39 Å². The predicted molar refractivity (Wildman–Crippen MR) is 82.4 cm³/mol. The second-order valence-corrected chi connectivity index (χ2v) is 6.20. The number of hydrogen-bond donors (Lipinski definition) is 1. The molecule has 1 aliphatic heterocycles. The van der Waals surface area contributed by atoms with Gasteiger partial charge in [0.05, 0.1) is 0 Å². The molecule has 0 bridgehead atoms. The van der Waals surface area contributed by atoms with Crippen LogP contribution in [0.1, 0.15) is 32.8 Å². The lowest BCUT2D eigenvalue weighted by atomic mass is 9.85. The third-order valence-electron chi connectivity index (χ3n) is 5.00. The molecule has 1 aliphatic rings. The summed E-state index contributed by atoms with van der Waals surface area (Å²) in [5, 5.41) is 3.43. The maximum atomic E-state index is 13.0. The molecule has 1 fully saturated rings. The van der Waals surface area contributed by atoms with Gasteiger partial charge in [-0.2, -0.15) is 0 Å². The molecule has 3 heteroatoms. The Morgan fingerprint density at radius 3 is 2.55 bits per heavy atom. The van der Waals surface area contributed by atoms with Gasteiger partial charge >= 0.3 is 0 Å². The largest absolute Gasteiger partial charge is 0.317 e. The molecule has 0 aromatic heterocycles. The van der Waals surface area contributed by atoms with Gasteiger partial charge in [0.15, 0.2) is 0 Å². The van der Waals surface area contributed by atoms with E-state index in [2.05, 4.69) is 38.0 Å². The van der Waals surface area contributed by atoms with Crippen LogP contribution in [0.4, 0.5) is 4.39 Å². The second kappa shape index (κ2) is 6.68. The number of nitrogens with zero attached hydrogens (tertiary/aromatic N) is 1. The Morgan fingerprint density at radius 2 is 1.95 bits per heavy atom. The van der Waals surface area contributed by atoms with Crippen molar-refractivity contribution in [3.05, 3.63) is 35.6 Å². The summed E-state index contributed by atoms with van der Waals surface area (Å²) >= 11 is 0. The molecule has 1 aromatic rings. The van der Waals surface area contributed by atoms with Crippen LogP contribution in [-0.4, -0.2) is 36.6 Å². The van der Waals surface area contributed by atoms with E-state index in [4.69, 9.17) is 0 Å². The first kappa shape index (κ1) is 15.5. The standard InChI is InChI=1S/C17H27FN2/c1-12(11-15-5-7-16(18)8-6-15)20-10-9-17(19-4)13(2)14(20)3/h5-8,12-14,17,19H,9-11H2,1-4H3. The first-order chi connectivity index (χ1) is 9.52. The maximum Gasteiger partial charge on any atom is 0.123 e. The van der Waals surface area contributed by atoms with Crippen molar-refractivity contribution in [2.75, 3.05) is 13.6 Å². The summed E-state index contributed by atoms with van der Waals surface area (Å²) in [6.07, 6.45) is 2.19. The zero-order valence-electron chi connectivity index (χ0n) is 13.1. The van der Waals surface area contributed by atoms with E-state index in [1.807, 2.05) is 12.1 Å². The number of likely N-dealkylation sites (tertiary alicyclic amines) is 1. The van der Waals surface area contributed by atoms with Gasteiger partial charge in [0.25, 0.3) is 0 Å². The molecule has 2 rings (SSSR count). The third-order valence-corrected chi connectivity index (χ3v) is 5.00. The summed E-state index contributed by atoms with van der Waals surface area (Å²) in [5.74, 6) is 0.502. The zero-order valence-corrected chi connectivity index (χ0v) is 13.1. The molecule has 1 N–H and O–H groups in total. The normalized spacial score (nSPS) is 29.4. The Morgan fingerprint density at radius 1 is 1.30 bits per heavy atom. The summed E-state index contributed by atoms with van der Waals surface area (Å²) < 4.78 is 13.0. The number of nitrogens with one attached hydrogen (secondary N) is 1. The van der Waals surface area contributed by atoms with Gasteiger partial charge in [-0.1, -0.05) is 19.1 Å². The minimum absolute atomic E-state index is 0.154. The lowest BCUT2D eigenvalue weighted by Crippen LogP contribution is -2.55. The van der Waals surface area contributed by atoms with Gasteiger partial charge in [-0.05, 0) is 57.4 Å². The third kappa shape index (κ3) is 3.39. The van der Waals surface area contributed by atoms with Gasteiger partial charge in [-0.25, -0.2) is 4.39 Å². The van der Waals surface area contributed by atoms with Crippen molar-refractivity contribution in [2.45, 2.75) is 51.7 Å². The van der Waals surface area contributed by atoms with Crippen LogP contribution in [-0.2, 0) is 6.42 Å². The molecule has 20 heavy (non-hydrogen) atoms. The van der Waals surface area contributed by atoms with Crippen molar-refractivity contribution in [2.24, 2.45) is 5.92 Å². The molecular weight excluding hydrogens is 251 g/mol. The second-order valence-electron chi connectivity index (χ2n) is 6.20. The Bertz CT molecular complexity index is 418. The summed E-state index contributed by atoms with van der Waals surface area (Å²) in [4.78, 5) is 2.60. The fourth-order valence-electron chi connectivity index (χ4n) is 3.50. The fraction of sp³-hybridized carbons (Fsp3) is 0.647. The number of piperidine rings is 1. The van der Waals surface area contributed by atoms with E-state index in [1.165, 1.54) is 12.0 Å². The van der Waals surface area contributed by atoms with Crippen molar-refractivity contribution >= 4 is 0 Å². The lowest BCUT2D eigenvalue weighted by Gasteiger charge is -2.45. The van der Waals surface area contributed by atoms with E-state index in [0.717, 1.165) is 13.0 Å². The SMILES string of the molecule is CNC1CCN(C(C)Cc2ccc(F)cc2)C(C)C1C. The van der Waals surface area contributed by atoms with Crippen LogP contribution in [0.3, 0.4) is 0 Å². The van der Waals surface area contributed by atoms with E-state index >= 15 is 0 Å². The molecule has 0 radical (unpaired) electrons. The topological polar surface area (TPSA) is 15.3 Å². The number of halogens is 1. The number of rotatable bonds is 4. The highest BCUT2D eigenvalue weighted by atomic mass is 19.1. The summed E-state index contributed by atoms with van der Waals surface area (Å²) in [6, 6.07) is 8.62. The lowest BCUT2D eigenvalue weighted by molar-refractivity contribution is 0.0550. The quantitative estimate of drug-likeness (QED) is 0.910. The molecule has 4 unspecified atom stereocenters. The molecule has 0 aliphatic carbocycles. The van der Waals surface area contributed by atoms with Crippen LogP contribution in [0.2, 0.25) is 0 Å². The van der Waals surface area contributed by atoms with Crippen molar-refractivity contribution in [3.8, 4) is 0 Å². The summed E-state index contributed by atoms with van der Waals surface area (Å²) in [7, 11) is 2.06. The average molecular weight is 278 g/mol. The van der Waals surface area contributed by atoms with Gasteiger partial charge in [0.2, 0.25) is 0 Å². The van der Waals surface area contributed by atoms with Crippen molar-refractivity contribution in [3.63, 3.8) is 0 Å². The summed E-state index contributed by atoms with van der Waals surface area (Å²) in [5.41, 5.74) is 1.22. The van der Waals surface area contributed by atoms with E-state index < -0.39 is 0 Å². The minimum Gasteiger partial charge on any atom is -0.317 e. The Kier molecular flexibility index (Phi) is 5.17. The van der Waals surface area contributed by atoms with Gasteiger partial charge < -0.3 is 5.32 Å². The minimum atomic E-state index is -0.154. The maximum absolute atomic E-state index is 13.0. The molecule has 0 amide bonds. The molecule has 0 saturated carbocycles. The zero-order chi connectivity index (χ0) is 14.7. The van der Waals surface area contributed by atoms with Crippen LogP contribution < -0.4 is 5.32 Å². The van der Waals surface area contributed by atoms with Crippen LogP contribution in [0.5, 0.6) is 0 Å². The number of benzene rings is 1. The Labute approximate surface area is 122 Å². The van der Waals surface area contributed by atoms with Gasteiger partial charge in [-0.15, -0.1) is 0 Å². The number of hydrogen-bond acceptors (Lipinski definition) is 2. The molecule has 112 valence electrons. The highest BCUT2D eigenvalue weighted by Gasteiger charge is 2.33. The fourth-order valence-corrected chi connectivity index (χ4v) is 3.50. The first-order valence-electron chi connectivity index (χ1n) is 7.70. The predicted octanol–water partition coefficient (Wildman–Crippen LogP) is 3.08. The molecule has 1 heterocycles. The van der Waals surface area contributed by atoms with E-state index in [9.17, 15) is 4.39 Å². The monoisotopic (exact) mass is 278 g/mol. The van der Waals surface area contributed by atoms with Crippen LogP contribution in [0.15, 0.2) is 24.3 Å². The van der Waals surface area contributed by atoms with Gasteiger partial charge in [0.1, 0.15) is 5.82 Å². The van der Waals surface area contributed by atoms with Crippen molar-refractivity contribution in [1.29, 1.82) is 0 Å². The molecule has 4 atom stereocenters. The highest BCUT2D eigenvalue weighted by Crippen LogP contribution is 2.26. The van der Waals surface area contributed by atoms with Crippen molar-refractivity contribution in [1.82, 2.24) is 10.2 Å². The molecular formula is C17H27FN2.